The van der Waals surface area contributed by atoms with Gasteiger partial charge in [0.15, 0.2) is 6.10 Å². The van der Waals surface area contributed by atoms with Crippen LogP contribution in [-0.4, -0.2) is 36.5 Å². The van der Waals surface area contributed by atoms with Crippen LogP contribution in [0.2, 0.25) is 0 Å². The van der Waals surface area contributed by atoms with E-state index in [2.05, 4.69) is 5.32 Å². The summed E-state index contributed by atoms with van der Waals surface area (Å²) in [6.45, 7) is 2.36. The molecule has 3 rings (SSSR count). The van der Waals surface area contributed by atoms with E-state index in [0.717, 1.165) is 16.7 Å². The summed E-state index contributed by atoms with van der Waals surface area (Å²) in [7, 11) is 1.71. The third kappa shape index (κ3) is 3.88. The monoisotopic (exact) mass is 338 g/mol. The molecular weight excluding hydrogens is 316 g/mol. The van der Waals surface area contributed by atoms with Crippen LogP contribution in [0.4, 0.5) is 0 Å². The minimum Gasteiger partial charge on any atom is -0.356 e. The average Bonchev–Trinajstić information content (AvgIpc) is 2.62. The van der Waals surface area contributed by atoms with Crippen LogP contribution < -0.4 is 5.32 Å². The molecule has 2 amide bonds. The molecule has 0 aliphatic carbocycles. The number of ether oxygens (including phenoxy) is 1. The van der Waals surface area contributed by atoms with Gasteiger partial charge in [-0.3, -0.25) is 9.59 Å². The van der Waals surface area contributed by atoms with Gasteiger partial charge in [0.1, 0.15) is 6.61 Å². The fraction of sp³-hybridized carbons (Fsp3) is 0.300. The summed E-state index contributed by atoms with van der Waals surface area (Å²) in [5, 5.41) is 2.93. The molecule has 0 unspecified atom stereocenters. The number of carbonyl (C=O) groups is 2. The molecule has 5 nitrogen and oxygen atoms in total. The number of amides is 2. The molecule has 2 aromatic rings. The first-order chi connectivity index (χ1) is 12.1. The minimum atomic E-state index is -0.727. The maximum atomic E-state index is 12.7. The van der Waals surface area contributed by atoms with Crippen LogP contribution in [0.25, 0.3) is 0 Å². The molecule has 25 heavy (non-hydrogen) atoms. The van der Waals surface area contributed by atoms with E-state index in [1.165, 1.54) is 0 Å². The van der Waals surface area contributed by atoms with Crippen LogP contribution in [0, 0.1) is 6.92 Å². The predicted molar refractivity (Wildman–Crippen MR) is 94.7 cm³/mol. The van der Waals surface area contributed by atoms with E-state index in [9.17, 15) is 9.59 Å². The molecule has 1 aliphatic heterocycles. The van der Waals surface area contributed by atoms with Gasteiger partial charge in [-0.25, -0.2) is 0 Å². The van der Waals surface area contributed by atoms with Gasteiger partial charge >= 0.3 is 0 Å². The first-order valence-electron chi connectivity index (χ1n) is 8.32. The van der Waals surface area contributed by atoms with Gasteiger partial charge in [-0.1, -0.05) is 60.2 Å². The lowest BCUT2D eigenvalue weighted by atomic mass is 9.97. The molecule has 1 heterocycles. The molecule has 0 bridgehead atoms. The van der Waals surface area contributed by atoms with Crippen molar-refractivity contribution in [3.05, 3.63) is 71.3 Å². The summed E-state index contributed by atoms with van der Waals surface area (Å²) < 4.78 is 5.60. The van der Waals surface area contributed by atoms with Gasteiger partial charge in [0, 0.05) is 13.6 Å². The maximum absolute atomic E-state index is 12.7. The largest absolute Gasteiger partial charge is 0.356 e. The molecule has 2 atom stereocenters. The maximum Gasteiger partial charge on any atom is 0.251 e. The number of hydrogen-bond donors (Lipinski definition) is 1. The lowest BCUT2D eigenvalue weighted by Gasteiger charge is -2.38. The zero-order chi connectivity index (χ0) is 17.8. The second-order valence-corrected chi connectivity index (χ2v) is 6.30. The molecule has 2 aromatic carbocycles. The van der Waals surface area contributed by atoms with Crippen molar-refractivity contribution < 1.29 is 14.3 Å². The number of morpholine rings is 1. The molecule has 1 aliphatic rings. The van der Waals surface area contributed by atoms with E-state index in [4.69, 9.17) is 4.74 Å². The lowest BCUT2D eigenvalue weighted by Crippen LogP contribution is -2.52. The smallest absolute Gasteiger partial charge is 0.251 e. The van der Waals surface area contributed by atoms with Gasteiger partial charge in [-0.05, 0) is 18.1 Å². The van der Waals surface area contributed by atoms with E-state index in [1.807, 2.05) is 61.5 Å². The predicted octanol–water partition coefficient (Wildman–Crippen LogP) is 2.21. The highest BCUT2D eigenvalue weighted by molar-refractivity contribution is 5.86. The number of rotatable bonds is 4. The quantitative estimate of drug-likeness (QED) is 0.930. The van der Waals surface area contributed by atoms with Crippen molar-refractivity contribution in [2.24, 2.45) is 0 Å². The van der Waals surface area contributed by atoms with Gasteiger partial charge in [0.2, 0.25) is 5.91 Å². The van der Waals surface area contributed by atoms with Gasteiger partial charge in [-0.15, -0.1) is 0 Å². The van der Waals surface area contributed by atoms with Crippen molar-refractivity contribution in [1.82, 2.24) is 10.2 Å². The Morgan fingerprint density at radius 2 is 1.96 bits per heavy atom. The summed E-state index contributed by atoms with van der Waals surface area (Å²) in [6, 6.07) is 17.1. The molecule has 130 valence electrons. The van der Waals surface area contributed by atoms with Crippen molar-refractivity contribution in [1.29, 1.82) is 0 Å². The molecule has 0 spiro atoms. The summed E-state index contributed by atoms with van der Waals surface area (Å²) in [6.07, 6.45) is -0.727. The molecular formula is C20H22N2O3. The zero-order valence-electron chi connectivity index (χ0n) is 14.4. The Labute approximate surface area is 147 Å². The Kier molecular flexibility index (Phi) is 5.14. The van der Waals surface area contributed by atoms with Gasteiger partial charge < -0.3 is 15.0 Å². The number of likely N-dealkylation sites (N-methyl/N-ethyl adjacent to an activating group) is 1. The van der Waals surface area contributed by atoms with Crippen LogP contribution in [0.5, 0.6) is 0 Å². The van der Waals surface area contributed by atoms with Crippen molar-refractivity contribution in [2.45, 2.75) is 25.6 Å². The van der Waals surface area contributed by atoms with Crippen LogP contribution >= 0.6 is 0 Å². The molecule has 0 radical (unpaired) electrons. The molecule has 1 saturated heterocycles. The van der Waals surface area contributed by atoms with Gasteiger partial charge in [0.25, 0.3) is 5.91 Å². The van der Waals surface area contributed by atoms with Crippen LogP contribution in [0.15, 0.2) is 54.6 Å². The van der Waals surface area contributed by atoms with Gasteiger partial charge in [-0.2, -0.15) is 0 Å². The third-order valence-electron chi connectivity index (χ3n) is 4.43. The number of nitrogens with zero attached hydrogens (tertiary/aromatic N) is 1. The molecule has 5 heteroatoms. The van der Waals surface area contributed by atoms with Crippen LogP contribution in [-0.2, 0) is 20.9 Å². The Hall–Kier alpha value is -2.66. The second kappa shape index (κ2) is 7.49. The Morgan fingerprint density at radius 3 is 2.68 bits per heavy atom. The molecule has 1 N–H and O–H groups in total. The third-order valence-corrected chi connectivity index (χ3v) is 4.43. The number of nitrogens with one attached hydrogen (secondary N) is 1. The highest BCUT2D eigenvalue weighted by Gasteiger charge is 2.39. The fourth-order valence-electron chi connectivity index (χ4n) is 3.09. The number of hydrogen-bond acceptors (Lipinski definition) is 3. The van der Waals surface area contributed by atoms with E-state index in [-0.39, 0.29) is 18.4 Å². The second-order valence-electron chi connectivity index (χ2n) is 6.30. The number of benzene rings is 2. The first-order valence-corrected chi connectivity index (χ1v) is 8.32. The van der Waals surface area contributed by atoms with Crippen molar-refractivity contribution in [3.8, 4) is 0 Å². The highest BCUT2D eigenvalue weighted by Crippen LogP contribution is 2.29. The summed E-state index contributed by atoms with van der Waals surface area (Å²) in [5.74, 6) is -0.341. The van der Waals surface area contributed by atoms with Crippen molar-refractivity contribution in [3.63, 3.8) is 0 Å². The minimum absolute atomic E-state index is 0.0810. The van der Waals surface area contributed by atoms with Crippen molar-refractivity contribution >= 4 is 11.8 Å². The first kappa shape index (κ1) is 17.2. The number of aryl methyl sites for hydroxylation is 1. The van der Waals surface area contributed by atoms with E-state index >= 15 is 0 Å². The average molecular weight is 338 g/mol. The van der Waals surface area contributed by atoms with E-state index in [0.29, 0.717) is 6.54 Å². The fourth-order valence-corrected chi connectivity index (χ4v) is 3.09. The summed E-state index contributed by atoms with van der Waals surface area (Å²) in [4.78, 5) is 26.3. The van der Waals surface area contributed by atoms with E-state index < -0.39 is 12.1 Å². The standard InChI is InChI=1S/C20H22N2O3/c1-14-7-6-8-15(11-14)12-21-20(24)19-18(16-9-4-3-5-10-16)22(2)17(23)13-25-19/h3-11,18-19H,12-13H2,1-2H3,(H,21,24)/t18-,19+/m1/s1. The Morgan fingerprint density at radius 1 is 1.20 bits per heavy atom. The Balaban J connectivity index is 1.76. The van der Waals surface area contributed by atoms with E-state index in [1.54, 1.807) is 11.9 Å². The van der Waals surface area contributed by atoms with Crippen molar-refractivity contribution in [2.75, 3.05) is 13.7 Å². The lowest BCUT2D eigenvalue weighted by molar-refractivity contribution is -0.162. The SMILES string of the molecule is Cc1cccc(CNC(=O)[C@H]2OCC(=O)N(C)[C@@H]2c2ccccc2)c1. The van der Waals surface area contributed by atoms with Gasteiger partial charge in [0.05, 0.1) is 6.04 Å². The molecule has 0 aromatic heterocycles. The summed E-state index contributed by atoms with van der Waals surface area (Å²) in [5.41, 5.74) is 3.06. The topological polar surface area (TPSA) is 58.6 Å². The van der Waals surface area contributed by atoms with Crippen LogP contribution in [0.1, 0.15) is 22.7 Å². The zero-order valence-corrected chi connectivity index (χ0v) is 14.4. The molecule has 0 saturated carbocycles. The highest BCUT2D eigenvalue weighted by atomic mass is 16.5. The normalized spacial score (nSPS) is 20.4. The molecule has 1 fully saturated rings. The Bertz CT molecular complexity index is 761. The van der Waals surface area contributed by atoms with Crippen LogP contribution in [0.3, 0.4) is 0 Å². The summed E-state index contributed by atoms with van der Waals surface area (Å²) >= 11 is 0. The number of carbonyl (C=O) groups excluding carboxylic acids is 2.